The smallest absolute Gasteiger partial charge is 0.260 e. The van der Waals surface area contributed by atoms with Crippen LogP contribution in [0.2, 0.25) is 0 Å². The molecule has 0 saturated carbocycles. The number of fused-ring (bicyclic) bond motifs is 11. The van der Waals surface area contributed by atoms with E-state index in [1.54, 1.807) is 0 Å². The van der Waals surface area contributed by atoms with Crippen molar-refractivity contribution in [2.24, 2.45) is 0 Å². The van der Waals surface area contributed by atoms with Gasteiger partial charge in [0.15, 0.2) is 8.07 Å². The van der Waals surface area contributed by atoms with Crippen LogP contribution in [0, 0.1) is 0 Å². The zero-order valence-electron chi connectivity index (χ0n) is 39.1. The molecular formula is C66H43BN2O2Si. The first-order valence-electron chi connectivity index (χ1n) is 24.8. The Labute approximate surface area is 418 Å². The highest BCUT2D eigenvalue weighted by Crippen LogP contribution is 2.44. The summed E-state index contributed by atoms with van der Waals surface area (Å²) in [7, 11) is -2.83. The van der Waals surface area contributed by atoms with Gasteiger partial charge in [0.25, 0.3) is 6.71 Å². The molecule has 0 saturated heterocycles. The van der Waals surface area contributed by atoms with E-state index in [1.807, 2.05) is 0 Å². The number of benzene rings is 11. The minimum atomic E-state index is -2.83. The van der Waals surface area contributed by atoms with Crippen molar-refractivity contribution in [3.63, 3.8) is 0 Å². The van der Waals surface area contributed by atoms with Crippen LogP contribution in [0.1, 0.15) is 0 Å². The summed E-state index contributed by atoms with van der Waals surface area (Å²) in [6, 6.07) is 95.3. The molecule has 336 valence electrons. The maximum absolute atomic E-state index is 7.47. The summed E-state index contributed by atoms with van der Waals surface area (Å²) in [5.74, 6) is 3.36. The highest BCUT2D eigenvalue weighted by atomic mass is 28.3. The van der Waals surface area contributed by atoms with Gasteiger partial charge in [0.05, 0.1) is 22.1 Å². The zero-order chi connectivity index (χ0) is 47.3. The quantitative estimate of drug-likeness (QED) is 0.118. The number of hydrogen-bond donors (Lipinski definition) is 0. The van der Waals surface area contributed by atoms with Crippen LogP contribution in [0.4, 0.5) is 0 Å². The number of nitrogens with zero attached hydrogens (tertiary/aromatic N) is 2. The summed E-state index contributed by atoms with van der Waals surface area (Å²) < 4.78 is 19.1. The van der Waals surface area contributed by atoms with Gasteiger partial charge in [-0.3, -0.25) is 0 Å². The summed E-state index contributed by atoms with van der Waals surface area (Å²) in [5.41, 5.74) is 12.3. The monoisotopic (exact) mass is 934 g/mol. The molecule has 4 nitrogen and oxygen atoms in total. The van der Waals surface area contributed by atoms with Crippen LogP contribution in [0.15, 0.2) is 261 Å². The van der Waals surface area contributed by atoms with E-state index < -0.39 is 8.07 Å². The molecule has 0 bridgehead atoms. The van der Waals surface area contributed by atoms with Crippen molar-refractivity contribution < 1.29 is 9.47 Å². The second kappa shape index (κ2) is 16.0. The number of aromatic nitrogens is 2. The predicted molar refractivity (Wildman–Crippen MR) is 302 cm³/mol. The number of rotatable bonds is 7. The third-order valence-electron chi connectivity index (χ3n) is 15.4. The maximum atomic E-state index is 7.47. The number of para-hydroxylation sites is 4. The molecule has 0 aliphatic carbocycles. The van der Waals surface area contributed by atoms with E-state index in [0.717, 1.165) is 72.9 Å². The Hall–Kier alpha value is -9.10. The topological polar surface area (TPSA) is 28.3 Å². The lowest BCUT2D eigenvalue weighted by Crippen LogP contribution is -2.74. The van der Waals surface area contributed by atoms with Gasteiger partial charge in [0.1, 0.15) is 23.0 Å². The van der Waals surface area contributed by atoms with Crippen LogP contribution >= 0.6 is 0 Å². The van der Waals surface area contributed by atoms with Crippen LogP contribution in [0.5, 0.6) is 23.0 Å². The molecule has 72 heavy (non-hydrogen) atoms. The second-order valence-electron chi connectivity index (χ2n) is 19.1. The molecule has 11 aromatic carbocycles. The van der Waals surface area contributed by atoms with Crippen molar-refractivity contribution in [3.05, 3.63) is 261 Å². The molecule has 0 fully saturated rings. The van der Waals surface area contributed by atoms with Gasteiger partial charge < -0.3 is 18.6 Å². The molecule has 13 aromatic rings. The van der Waals surface area contributed by atoms with Crippen molar-refractivity contribution in [2.45, 2.75) is 0 Å². The van der Waals surface area contributed by atoms with Gasteiger partial charge in [-0.05, 0) is 91.8 Å². The minimum absolute atomic E-state index is 0.105. The summed E-state index contributed by atoms with van der Waals surface area (Å²) in [6.45, 7) is -0.105. The van der Waals surface area contributed by atoms with E-state index >= 15 is 0 Å². The summed E-state index contributed by atoms with van der Waals surface area (Å²) in [6.07, 6.45) is 0. The van der Waals surface area contributed by atoms with E-state index in [9.17, 15) is 0 Å². The Balaban J connectivity index is 0.947. The van der Waals surface area contributed by atoms with E-state index in [-0.39, 0.29) is 6.71 Å². The molecule has 0 N–H and O–H groups in total. The molecule has 6 heteroatoms. The van der Waals surface area contributed by atoms with Gasteiger partial charge in [-0.15, -0.1) is 0 Å². The second-order valence-corrected chi connectivity index (χ2v) is 22.9. The lowest BCUT2D eigenvalue weighted by molar-refractivity contribution is 0.465. The number of ether oxygens (including phenoxy) is 2. The third-order valence-corrected chi connectivity index (χ3v) is 20.2. The van der Waals surface area contributed by atoms with Gasteiger partial charge in [0, 0.05) is 50.0 Å². The predicted octanol–water partition coefficient (Wildman–Crippen LogP) is 11.7. The molecular weight excluding hydrogens is 892 g/mol. The highest BCUT2D eigenvalue weighted by molar-refractivity contribution is 7.20. The summed E-state index contributed by atoms with van der Waals surface area (Å²) in [5, 5.41) is 10.2. The molecule has 2 aliphatic rings. The Morgan fingerprint density at radius 2 is 0.944 bits per heavy atom. The molecule has 2 aliphatic heterocycles. The fraction of sp³-hybridized carbons (Fsp3) is 0. The lowest BCUT2D eigenvalue weighted by Gasteiger charge is -2.35. The molecule has 0 atom stereocenters. The molecule has 0 unspecified atom stereocenters. The van der Waals surface area contributed by atoms with Crippen molar-refractivity contribution >= 4 is 95.5 Å². The average Bonchev–Trinajstić information content (AvgIpc) is 3.97. The summed E-state index contributed by atoms with van der Waals surface area (Å²) >= 11 is 0. The van der Waals surface area contributed by atoms with E-state index in [2.05, 4.69) is 270 Å². The molecule has 15 rings (SSSR count). The zero-order valence-corrected chi connectivity index (χ0v) is 40.1. The highest BCUT2D eigenvalue weighted by Gasteiger charge is 2.43. The third kappa shape index (κ3) is 5.87. The van der Waals surface area contributed by atoms with Crippen molar-refractivity contribution in [2.75, 3.05) is 0 Å². The fourth-order valence-corrected chi connectivity index (χ4v) is 17.2. The maximum Gasteiger partial charge on any atom is 0.260 e. The van der Waals surface area contributed by atoms with Crippen LogP contribution in [-0.4, -0.2) is 23.9 Å². The summed E-state index contributed by atoms with van der Waals surface area (Å²) in [4.78, 5) is 0. The first kappa shape index (κ1) is 40.8. The fourth-order valence-electron chi connectivity index (χ4n) is 12.4. The van der Waals surface area contributed by atoms with Crippen molar-refractivity contribution in [3.8, 4) is 45.5 Å². The Bertz CT molecular complexity index is 4190. The SMILES string of the molecule is c1ccc(-n2c3ccccc3c3ccc4c(c5ccccc5n4-c4ccc5c(c4)Oc4c(-c6cccc([Si](c7ccccc7)(c7ccccc7)c7ccccc7)c6)ccc6c4B5c4ccccc4O6)c32)cc1. The number of hydrogen-bond acceptors (Lipinski definition) is 2. The van der Waals surface area contributed by atoms with Gasteiger partial charge in [0.2, 0.25) is 0 Å². The normalized spacial score (nSPS) is 12.6. The standard InChI is InChI=1S/C66H43BN2O2Si/c1-5-21-45(22-6-1)69-57-33-16-13-30-52(57)53-37-40-59-63(65(53)69)54-31-14-17-34-58(54)68(59)46-36-39-56-62(43-46)71-66-51(38-41-61-64(66)67(56)55-32-15-18-35-60(55)70-61)44-20-19-29-50(42-44)72(47-23-7-2-8-24-47,48-25-9-3-10-26-48)49-27-11-4-12-28-49/h1-43H. The van der Waals surface area contributed by atoms with E-state index in [1.165, 1.54) is 53.3 Å². The van der Waals surface area contributed by atoms with Gasteiger partial charge in [-0.1, -0.05) is 200 Å². The first-order valence-corrected chi connectivity index (χ1v) is 26.8. The van der Waals surface area contributed by atoms with Crippen LogP contribution in [-0.2, 0) is 0 Å². The molecule has 2 aromatic heterocycles. The van der Waals surface area contributed by atoms with E-state index in [4.69, 9.17) is 9.47 Å². The largest absolute Gasteiger partial charge is 0.458 e. The van der Waals surface area contributed by atoms with Crippen LogP contribution in [0.3, 0.4) is 0 Å². The molecule has 0 radical (unpaired) electrons. The van der Waals surface area contributed by atoms with Gasteiger partial charge >= 0.3 is 0 Å². The Morgan fingerprint density at radius 3 is 1.67 bits per heavy atom. The average molecular weight is 935 g/mol. The molecule has 0 amide bonds. The van der Waals surface area contributed by atoms with Crippen molar-refractivity contribution in [1.82, 2.24) is 9.13 Å². The Kier molecular flexibility index (Phi) is 9.04. The minimum Gasteiger partial charge on any atom is -0.458 e. The molecule has 4 heterocycles. The molecule has 0 spiro atoms. The van der Waals surface area contributed by atoms with Gasteiger partial charge in [-0.25, -0.2) is 0 Å². The van der Waals surface area contributed by atoms with E-state index in [0.29, 0.717) is 0 Å². The Morgan fingerprint density at radius 1 is 0.347 bits per heavy atom. The van der Waals surface area contributed by atoms with Crippen LogP contribution < -0.4 is 46.6 Å². The van der Waals surface area contributed by atoms with Crippen molar-refractivity contribution in [1.29, 1.82) is 0 Å². The van der Waals surface area contributed by atoms with Crippen LogP contribution in [0.25, 0.3) is 66.1 Å². The lowest BCUT2D eigenvalue weighted by atomic mass is 9.34. The first-order chi connectivity index (χ1) is 35.7. The van der Waals surface area contributed by atoms with Gasteiger partial charge in [-0.2, -0.15) is 0 Å².